The highest BCUT2D eigenvalue weighted by atomic mass is 15.3. The Labute approximate surface area is 121 Å². The van der Waals surface area contributed by atoms with E-state index in [0.29, 0.717) is 0 Å². The van der Waals surface area contributed by atoms with Crippen LogP contribution >= 0.6 is 0 Å². The molecule has 20 heavy (non-hydrogen) atoms. The van der Waals surface area contributed by atoms with Gasteiger partial charge in [0.05, 0.1) is 25.7 Å². The van der Waals surface area contributed by atoms with Crippen LogP contribution in [-0.4, -0.2) is 30.5 Å². The van der Waals surface area contributed by atoms with Crippen molar-refractivity contribution in [2.45, 2.75) is 13.3 Å². The molecule has 0 fully saturated rings. The van der Waals surface area contributed by atoms with Gasteiger partial charge in [-0.1, -0.05) is 35.9 Å². The third-order valence-corrected chi connectivity index (χ3v) is 3.87. The number of hydrogen-bond donors (Lipinski definition) is 0. The fraction of sp³-hybridized carbons (Fsp3) is 0.278. The van der Waals surface area contributed by atoms with Crippen LogP contribution in [0.15, 0.2) is 54.6 Å². The number of aryl methyl sites for hydroxylation is 1. The van der Waals surface area contributed by atoms with Crippen LogP contribution in [0.5, 0.6) is 0 Å². The van der Waals surface area contributed by atoms with Crippen LogP contribution in [0.2, 0.25) is 0 Å². The molecule has 2 heteroatoms. The summed E-state index contributed by atoms with van der Waals surface area (Å²) in [5.74, 6) is 1.31. The first-order valence-electron chi connectivity index (χ1n) is 7.23. The highest BCUT2D eigenvalue weighted by Gasteiger charge is 2.28. The normalized spacial score (nSPS) is 15.6. The standard InChI is InChI=1S/C18H21N2/c1-15-9-11-17(12-10-15)20-14-6-13-19(2)18(20)16-7-4-3-5-8-16/h3-5,7-12H,6,13-14H2,1-2H3/q+1. The van der Waals surface area contributed by atoms with Crippen molar-refractivity contribution in [2.75, 3.05) is 25.0 Å². The van der Waals surface area contributed by atoms with Gasteiger partial charge in [-0.2, -0.15) is 0 Å². The van der Waals surface area contributed by atoms with E-state index in [1.54, 1.807) is 0 Å². The van der Waals surface area contributed by atoms with Gasteiger partial charge in [0.25, 0.3) is 5.84 Å². The van der Waals surface area contributed by atoms with Gasteiger partial charge >= 0.3 is 0 Å². The van der Waals surface area contributed by atoms with Crippen molar-refractivity contribution in [1.82, 2.24) is 0 Å². The van der Waals surface area contributed by atoms with Gasteiger partial charge in [0.2, 0.25) is 0 Å². The maximum absolute atomic E-state index is 2.43. The minimum Gasteiger partial charge on any atom is -0.264 e. The van der Waals surface area contributed by atoms with Crippen molar-refractivity contribution in [3.05, 3.63) is 65.7 Å². The predicted octanol–water partition coefficient (Wildman–Crippen LogP) is 3.29. The zero-order chi connectivity index (χ0) is 13.9. The Balaban J connectivity index is 2.05. The van der Waals surface area contributed by atoms with E-state index < -0.39 is 0 Å². The minimum atomic E-state index is 1.08. The fourth-order valence-electron chi connectivity index (χ4n) is 2.82. The van der Waals surface area contributed by atoms with Crippen LogP contribution in [0.3, 0.4) is 0 Å². The largest absolute Gasteiger partial charge is 0.284 e. The summed E-state index contributed by atoms with van der Waals surface area (Å²) in [6.07, 6.45) is 1.20. The predicted molar refractivity (Wildman–Crippen MR) is 84.7 cm³/mol. The quantitative estimate of drug-likeness (QED) is 0.755. The fourth-order valence-corrected chi connectivity index (χ4v) is 2.82. The molecular weight excluding hydrogens is 244 g/mol. The van der Waals surface area contributed by atoms with Crippen molar-refractivity contribution < 1.29 is 4.58 Å². The zero-order valence-electron chi connectivity index (χ0n) is 12.2. The van der Waals surface area contributed by atoms with Crippen LogP contribution in [0.1, 0.15) is 17.5 Å². The Kier molecular flexibility index (Phi) is 3.55. The topological polar surface area (TPSA) is 6.25 Å². The zero-order valence-corrected chi connectivity index (χ0v) is 12.2. The van der Waals surface area contributed by atoms with Gasteiger partial charge in [0.1, 0.15) is 5.69 Å². The van der Waals surface area contributed by atoms with Gasteiger partial charge in [-0.3, -0.25) is 4.58 Å². The van der Waals surface area contributed by atoms with E-state index in [0.717, 1.165) is 13.1 Å². The molecule has 102 valence electrons. The molecule has 1 aliphatic heterocycles. The third-order valence-electron chi connectivity index (χ3n) is 3.87. The van der Waals surface area contributed by atoms with Crippen LogP contribution in [-0.2, 0) is 0 Å². The second-order valence-corrected chi connectivity index (χ2v) is 5.45. The second-order valence-electron chi connectivity index (χ2n) is 5.45. The van der Waals surface area contributed by atoms with Crippen LogP contribution in [0, 0.1) is 6.92 Å². The summed E-state index contributed by atoms with van der Waals surface area (Å²) in [4.78, 5) is 2.43. The Morgan fingerprint density at radius 2 is 1.65 bits per heavy atom. The van der Waals surface area contributed by atoms with E-state index in [1.807, 2.05) is 0 Å². The number of amidine groups is 1. The molecule has 0 unspecified atom stereocenters. The molecule has 0 spiro atoms. The second kappa shape index (κ2) is 5.49. The highest BCUT2D eigenvalue weighted by molar-refractivity contribution is 6.06. The molecule has 3 rings (SSSR count). The van der Waals surface area contributed by atoms with Crippen molar-refractivity contribution >= 4 is 11.5 Å². The molecule has 0 atom stereocenters. The van der Waals surface area contributed by atoms with Gasteiger partial charge in [-0.05, 0) is 31.2 Å². The summed E-state index contributed by atoms with van der Waals surface area (Å²) in [5, 5.41) is 0. The Bertz CT molecular complexity index is 612. The van der Waals surface area contributed by atoms with E-state index in [4.69, 9.17) is 0 Å². The number of nitrogens with zero attached hydrogens (tertiary/aromatic N) is 2. The monoisotopic (exact) mass is 265 g/mol. The SMILES string of the molecule is Cc1ccc(N2CCC[N+](C)=C2c2ccccc2)cc1. The summed E-state index contributed by atoms with van der Waals surface area (Å²) < 4.78 is 2.36. The smallest absolute Gasteiger partial charge is 0.264 e. The summed E-state index contributed by atoms with van der Waals surface area (Å²) in [6, 6.07) is 19.5. The molecule has 0 aromatic heterocycles. The molecule has 0 radical (unpaired) electrons. The lowest BCUT2D eigenvalue weighted by molar-refractivity contribution is -0.501. The molecule has 2 aromatic rings. The first kappa shape index (κ1) is 12.9. The van der Waals surface area contributed by atoms with E-state index in [9.17, 15) is 0 Å². The lowest BCUT2D eigenvalue weighted by atomic mass is 10.1. The molecular formula is C18H21N2+. The van der Waals surface area contributed by atoms with Crippen molar-refractivity contribution in [3.8, 4) is 0 Å². The summed E-state index contributed by atoms with van der Waals surface area (Å²) in [7, 11) is 2.18. The van der Waals surface area contributed by atoms with Crippen LogP contribution in [0.25, 0.3) is 0 Å². The number of anilines is 1. The molecule has 2 aromatic carbocycles. The lowest BCUT2D eigenvalue weighted by Crippen LogP contribution is -2.43. The van der Waals surface area contributed by atoms with Gasteiger partial charge in [0.15, 0.2) is 0 Å². The average molecular weight is 265 g/mol. The number of hydrogen-bond acceptors (Lipinski definition) is 1. The first-order chi connectivity index (χ1) is 9.75. The Hall–Kier alpha value is -2.09. The molecule has 1 aliphatic rings. The minimum absolute atomic E-state index is 1.08. The van der Waals surface area contributed by atoms with Gasteiger partial charge in [0, 0.05) is 6.42 Å². The number of rotatable bonds is 2. The highest BCUT2D eigenvalue weighted by Crippen LogP contribution is 2.21. The summed E-state index contributed by atoms with van der Waals surface area (Å²) >= 11 is 0. The van der Waals surface area contributed by atoms with E-state index in [-0.39, 0.29) is 0 Å². The maximum Gasteiger partial charge on any atom is 0.284 e. The molecule has 1 heterocycles. The van der Waals surface area contributed by atoms with Gasteiger partial charge in [-0.25, -0.2) is 4.90 Å². The number of benzene rings is 2. The van der Waals surface area contributed by atoms with Crippen LogP contribution in [0.4, 0.5) is 5.69 Å². The molecule has 0 saturated heterocycles. The molecule has 0 N–H and O–H groups in total. The van der Waals surface area contributed by atoms with E-state index in [2.05, 4.69) is 78.0 Å². The Morgan fingerprint density at radius 1 is 0.950 bits per heavy atom. The van der Waals surface area contributed by atoms with Crippen LogP contribution < -0.4 is 4.90 Å². The van der Waals surface area contributed by atoms with E-state index >= 15 is 0 Å². The molecule has 0 aliphatic carbocycles. The van der Waals surface area contributed by atoms with Crippen molar-refractivity contribution in [3.63, 3.8) is 0 Å². The lowest BCUT2D eigenvalue weighted by Gasteiger charge is -2.25. The van der Waals surface area contributed by atoms with Crippen molar-refractivity contribution in [1.29, 1.82) is 0 Å². The molecule has 0 saturated carbocycles. The molecule has 2 nitrogen and oxygen atoms in total. The Morgan fingerprint density at radius 3 is 2.35 bits per heavy atom. The van der Waals surface area contributed by atoms with Gasteiger partial charge in [-0.15, -0.1) is 0 Å². The van der Waals surface area contributed by atoms with E-state index in [1.165, 1.54) is 29.1 Å². The average Bonchev–Trinajstić information content (AvgIpc) is 2.49. The van der Waals surface area contributed by atoms with Crippen molar-refractivity contribution in [2.24, 2.45) is 0 Å². The third kappa shape index (κ3) is 2.46. The maximum atomic E-state index is 2.43. The summed E-state index contributed by atoms with van der Waals surface area (Å²) in [6.45, 7) is 4.33. The molecule has 0 amide bonds. The van der Waals surface area contributed by atoms with Gasteiger partial charge < -0.3 is 0 Å². The first-order valence-corrected chi connectivity index (χ1v) is 7.23. The summed E-state index contributed by atoms with van der Waals surface area (Å²) in [5.41, 5.74) is 3.87. The molecule has 0 bridgehead atoms.